The molecule has 2 aromatic carbocycles. The summed E-state index contributed by atoms with van der Waals surface area (Å²) < 4.78 is 14.0. The predicted octanol–water partition coefficient (Wildman–Crippen LogP) is 3.86. The van der Waals surface area contributed by atoms with Crippen LogP contribution in [0.3, 0.4) is 0 Å². The van der Waals surface area contributed by atoms with E-state index in [4.69, 9.17) is 9.47 Å². The average molecular weight is 428 g/mol. The van der Waals surface area contributed by atoms with E-state index in [0.29, 0.717) is 22.6 Å². The van der Waals surface area contributed by atoms with E-state index in [1.165, 1.54) is 0 Å². The van der Waals surface area contributed by atoms with E-state index < -0.39 is 0 Å². The van der Waals surface area contributed by atoms with Gasteiger partial charge in [-0.3, -0.25) is 0 Å². The number of carbonyl (C=O) groups excluding carboxylic acids is 1. The second kappa shape index (κ2) is 8.03. The van der Waals surface area contributed by atoms with Gasteiger partial charge in [0.15, 0.2) is 0 Å². The van der Waals surface area contributed by atoms with Crippen LogP contribution < -0.4 is 13.9 Å². The zero-order valence-corrected chi connectivity index (χ0v) is 17.9. The molecule has 0 saturated carbocycles. The molecule has 4 nitrogen and oxygen atoms in total. The monoisotopic (exact) mass is 429 g/mol. The first kappa shape index (κ1) is 19.3. The third-order valence-electron chi connectivity index (χ3n) is 4.58. The third-order valence-corrected chi connectivity index (χ3v) is 6.14. The Morgan fingerprint density at radius 3 is 2.56 bits per heavy atom. The van der Waals surface area contributed by atoms with Crippen molar-refractivity contribution in [1.82, 2.24) is 4.57 Å². The van der Waals surface area contributed by atoms with Crippen molar-refractivity contribution in [3.8, 4) is 11.5 Å². The number of Topliss-reactive ketones (excluding diaryl/α,β-unsaturated/α-hetero) is 1. The molecule has 140 valence electrons. The fraction of sp³-hybridized carbons (Fsp3) is 0.227. The Balaban J connectivity index is 2.03. The van der Waals surface area contributed by atoms with Gasteiger partial charge in [-0.2, -0.15) is 0 Å². The molecule has 0 amide bonds. The summed E-state index contributed by atoms with van der Waals surface area (Å²) >= 11 is 0.183. The van der Waals surface area contributed by atoms with Crippen molar-refractivity contribution in [2.45, 2.75) is 12.7 Å². The van der Waals surface area contributed by atoms with Crippen LogP contribution in [0.2, 0.25) is 5.82 Å². The van der Waals surface area contributed by atoms with Gasteiger partial charge in [-0.1, -0.05) is 0 Å². The number of methoxy groups -OCH3 is 2. The molecule has 3 rings (SSSR count). The first-order valence-electron chi connectivity index (χ1n) is 8.57. The standard InChI is InChI=1S/C22H23NO3Se/c1-14(10-16-13-23(2)18-9-7-6-8-17(16)18)21(24)15-11-19(25-3)22(26-4)20(12-15)27-5/h6-13H,1-5H3/b14-10+. The Morgan fingerprint density at radius 1 is 1.15 bits per heavy atom. The molecule has 0 atom stereocenters. The average Bonchev–Trinajstić information content (AvgIpc) is 3.01. The third kappa shape index (κ3) is 3.66. The summed E-state index contributed by atoms with van der Waals surface area (Å²) in [6.07, 6.45) is 4.01. The fourth-order valence-corrected chi connectivity index (χ4v) is 4.52. The summed E-state index contributed by atoms with van der Waals surface area (Å²) in [5, 5.41) is 1.14. The molecule has 0 aliphatic heterocycles. The molecular formula is C22H23NO3Se. The number of fused-ring (bicyclic) bond motifs is 1. The Labute approximate surface area is 165 Å². The molecule has 0 spiro atoms. The maximum absolute atomic E-state index is 13.1. The first-order valence-corrected chi connectivity index (χ1v) is 11.1. The van der Waals surface area contributed by atoms with Crippen molar-refractivity contribution in [2.24, 2.45) is 7.05 Å². The van der Waals surface area contributed by atoms with Gasteiger partial charge in [-0.05, 0) is 0 Å². The van der Waals surface area contributed by atoms with Crippen LogP contribution in [-0.2, 0) is 7.05 Å². The molecule has 5 heteroatoms. The Morgan fingerprint density at radius 2 is 1.89 bits per heavy atom. The maximum atomic E-state index is 13.1. The van der Waals surface area contributed by atoms with Crippen LogP contribution in [0.25, 0.3) is 17.0 Å². The van der Waals surface area contributed by atoms with Crippen LogP contribution in [0, 0.1) is 0 Å². The number of aryl methyl sites for hydroxylation is 1. The number of ketones is 1. The number of ether oxygens (including phenoxy) is 2. The van der Waals surface area contributed by atoms with Crippen LogP contribution in [0.4, 0.5) is 0 Å². The number of carbonyl (C=O) groups is 1. The van der Waals surface area contributed by atoms with Gasteiger partial charge in [0.25, 0.3) is 0 Å². The molecule has 0 radical (unpaired) electrons. The van der Waals surface area contributed by atoms with E-state index >= 15 is 0 Å². The van der Waals surface area contributed by atoms with Gasteiger partial charge < -0.3 is 0 Å². The number of hydrogen-bond acceptors (Lipinski definition) is 3. The number of para-hydroxylation sites is 1. The number of rotatable bonds is 6. The van der Waals surface area contributed by atoms with Gasteiger partial charge in [-0.15, -0.1) is 0 Å². The second-order valence-corrected chi connectivity index (χ2v) is 8.06. The van der Waals surface area contributed by atoms with Crippen molar-refractivity contribution in [2.75, 3.05) is 14.2 Å². The van der Waals surface area contributed by atoms with E-state index in [2.05, 4.69) is 28.7 Å². The molecule has 27 heavy (non-hydrogen) atoms. The van der Waals surface area contributed by atoms with Gasteiger partial charge >= 0.3 is 166 Å². The Hall–Kier alpha value is -2.49. The van der Waals surface area contributed by atoms with Crippen molar-refractivity contribution >= 4 is 42.2 Å². The fourth-order valence-electron chi connectivity index (χ4n) is 3.23. The van der Waals surface area contributed by atoms with Gasteiger partial charge in [0.1, 0.15) is 0 Å². The van der Waals surface area contributed by atoms with Crippen molar-refractivity contribution in [3.63, 3.8) is 0 Å². The summed E-state index contributed by atoms with van der Waals surface area (Å²) in [4.78, 5) is 13.1. The zero-order chi connectivity index (χ0) is 19.6. The molecule has 0 unspecified atom stereocenters. The second-order valence-electron chi connectivity index (χ2n) is 6.28. The number of aromatic nitrogens is 1. The summed E-state index contributed by atoms with van der Waals surface area (Å²) in [6, 6.07) is 11.9. The van der Waals surface area contributed by atoms with Crippen molar-refractivity contribution in [1.29, 1.82) is 0 Å². The molecule has 3 aromatic rings. The number of benzene rings is 2. The van der Waals surface area contributed by atoms with Crippen LogP contribution in [0.5, 0.6) is 11.5 Å². The number of nitrogens with zero attached hydrogens (tertiary/aromatic N) is 1. The molecule has 0 N–H and O–H groups in total. The molecule has 0 fully saturated rings. The predicted molar refractivity (Wildman–Crippen MR) is 112 cm³/mol. The van der Waals surface area contributed by atoms with Crippen molar-refractivity contribution < 1.29 is 14.3 Å². The van der Waals surface area contributed by atoms with Gasteiger partial charge in [-0.25, -0.2) is 0 Å². The van der Waals surface area contributed by atoms with E-state index in [0.717, 1.165) is 20.9 Å². The molecule has 1 heterocycles. The molecule has 0 aliphatic rings. The van der Waals surface area contributed by atoms with E-state index in [9.17, 15) is 4.79 Å². The topological polar surface area (TPSA) is 40.5 Å². The van der Waals surface area contributed by atoms with Crippen LogP contribution >= 0.6 is 0 Å². The van der Waals surface area contributed by atoms with Crippen LogP contribution in [-0.4, -0.2) is 39.5 Å². The van der Waals surface area contributed by atoms with E-state index in [-0.39, 0.29) is 20.7 Å². The minimum atomic E-state index is -0.00520. The zero-order valence-electron chi connectivity index (χ0n) is 16.2. The molecule has 1 aromatic heterocycles. The summed E-state index contributed by atoms with van der Waals surface area (Å²) in [5.41, 5.74) is 3.50. The molecule has 0 bridgehead atoms. The Kier molecular flexibility index (Phi) is 5.73. The summed E-state index contributed by atoms with van der Waals surface area (Å²) in [6.45, 7) is 1.86. The van der Waals surface area contributed by atoms with E-state index in [1.807, 2.05) is 38.2 Å². The van der Waals surface area contributed by atoms with Gasteiger partial charge in [0.2, 0.25) is 0 Å². The summed E-state index contributed by atoms with van der Waals surface area (Å²) in [5.74, 6) is 3.40. The van der Waals surface area contributed by atoms with Gasteiger partial charge in [0.05, 0.1) is 0 Å². The normalized spacial score (nSPS) is 11.7. The van der Waals surface area contributed by atoms with E-state index in [1.54, 1.807) is 20.3 Å². The summed E-state index contributed by atoms with van der Waals surface area (Å²) in [7, 11) is 5.23. The number of allylic oxidation sites excluding steroid dienone is 1. The molecule has 0 aliphatic carbocycles. The Bertz CT molecular complexity index is 1010. The SMILES string of the molecule is COc1cc(C(=O)/C(C)=C/c2cn(C)c3ccccc23)cc([Se]C)c1OC. The number of hydrogen-bond donors (Lipinski definition) is 0. The van der Waals surface area contributed by atoms with Gasteiger partial charge in [0, 0.05) is 0 Å². The first-order chi connectivity index (χ1) is 13.0. The van der Waals surface area contributed by atoms with Crippen LogP contribution in [0.15, 0.2) is 48.2 Å². The van der Waals surface area contributed by atoms with Crippen molar-refractivity contribution in [3.05, 3.63) is 59.3 Å². The molecular weight excluding hydrogens is 405 g/mol. The quantitative estimate of drug-likeness (QED) is 0.340. The minimum absolute atomic E-state index is 0.00520. The molecule has 0 saturated heterocycles. The van der Waals surface area contributed by atoms with Crippen LogP contribution in [0.1, 0.15) is 22.8 Å².